The van der Waals surface area contributed by atoms with Gasteiger partial charge in [-0.25, -0.2) is 0 Å². The minimum Gasteiger partial charge on any atom is -0.316 e. The minimum atomic E-state index is 0.579. The Balaban J connectivity index is 1.69. The average molecular weight is 264 g/mol. The summed E-state index contributed by atoms with van der Waals surface area (Å²) in [5.41, 5.74) is 0. The van der Waals surface area contributed by atoms with Gasteiger partial charge in [-0.1, -0.05) is 13.8 Å². The Labute approximate surface area is 117 Å². The zero-order valence-corrected chi connectivity index (χ0v) is 12.5. The number of nitrogens with zero attached hydrogens (tertiary/aromatic N) is 3. The van der Waals surface area contributed by atoms with Gasteiger partial charge in [0.1, 0.15) is 0 Å². The van der Waals surface area contributed by atoms with Crippen molar-refractivity contribution in [2.45, 2.75) is 39.8 Å². The summed E-state index contributed by atoms with van der Waals surface area (Å²) in [5, 5.41) is 7.88. The Hall–Kier alpha value is -0.870. The van der Waals surface area contributed by atoms with E-state index < -0.39 is 0 Å². The van der Waals surface area contributed by atoms with Crippen LogP contribution in [-0.4, -0.2) is 46.9 Å². The summed E-state index contributed by atoms with van der Waals surface area (Å²) in [7, 11) is 0. The van der Waals surface area contributed by atoms with E-state index in [4.69, 9.17) is 0 Å². The van der Waals surface area contributed by atoms with Gasteiger partial charge < -0.3 is 5.32 Å². The van der Waals surface area contributed by atoms with Crippen LogP contribution in [0.5, 0.6) is 0 Å². The molecule has 0 bridgehead atoms. The van der Waals surface area contributed by atoms with Gasteiger partial charge in [0, 0.05) is 25.0 Å². The lowest BCUT2D eigenvalue weighted by Gasteiger charge is -2.24. The summed E-state index contributed by atoms with van der Waals surface area (Å²) in [6.07, 6.45) is 5.23. The zero-order valence-electron chi connectivity index (χ0n) is 12.5. The molecule has 2 heterocycles. The van der Waals surface area contributed by atoms with Crippen molar-refractivity contribution in [2.24, 2.45) is 11.8 Å². The quantitative estimate of drug-likeness (QED) is 0.816. The van der Waals surface area contributed by atoms with Gasteiger partial charge >= 0.3 is 0 Å². The second-order valence-corrected chi connectivity index (χ2v) is 6.28. The maximum Gasteiger partial charge on any atom is 0.0562 e. The Bertz CT molecular complexity index is 347. The van der Waals surface area contributed by atoms with Crippen LogP contribution in [0.1, 0.15) is 27.2 Å². The minimum absolute atomic E-state index is 0.579. The van der Waals surface area contributed by atoms with E-state index in [0.717, 1.165) is 24.9 Å². The number of rotatable bonds is 7. The third kappa shape index (κ3) is 4.62. The van der Waals surface area contributed by atoms with E-state index in [2.05, 4.69) is 36.1 Å². The first-order chi connectivity index (χ1) is 9.15. The van der Waals surface area contributed by atoms with Crippen LogP contribution in [-0.2, 0) is 6.54 Å². The predicted molar refractivity (Wildman–Crippen MR) is 79.1 cm³/mol. The van der Waals surface area contributed by atoms with Crippen molar-refractivity contribution in [3.63, 3.8) is 0 Å². The number of nitrogens with one attached hydrogen (secondary N) is 1. The van der Waals surface area contributed by atoms with Gasteiger partial charge in [0.2, 0.25) is 0 Å². The summed E-state index contributed by atoms with van der Waals surface area (Å²) in [5.74, 6) is 1.56. The molecule has 1 aromatic heterocycles. The van der Waals surface area contributed by atoms with Crippen LogP contribution in [0.3, 0.4) is 0 Å². The van der Waals surface area contributed by atoms with Gasteiger partial charge in [0.05, 0.1) is 6.54 Å². The van der Waals surface area contributed by atoms with Gasteiger partial charge in [-0.3, -0.25) is 9.58 Å². The summed E-state index contributed by atoms with van der Waals surface area (Å²) < 4.78 is 2.04. The van der Waals surface area contributed by atoms with Crippen LogP contribution in [0.15, 0.2) is 18.5 Å². The summed E-state index contributed by atoms with van der Waals surface area (Å²) >= 11 is 0. The van der Waals surface area contributed by atoms with Crippen molar-refractivity contribution < 1.29 is 0 Å². The molecule has 0 radical (unpaired) electrons. The molecule has 108 valence electrons. The molecular formula is C15H28N4. The van der Waals surface area contributed by atoms with Crippen LogP contribution in [0, 0.1) is 11.8 Å². The highest BCUT2D eigenvalue weighted by atomic mass is 15.3. The van der Waals surface area contributed by atoms with Crippen molar-refractivity contribution in [1.82, 2.24) is 20.0 Å². The molecule has 1 aromatic rings. The number of hydrogen-bond donors (Lipinski definition) is 1. The Morgan fingerprint density at radius 1 is 1.37 bits per heavy atom. The van der Waals surface area contributed by atoms with Crippen LogP contribution >= 0.6 is 0 Å². The van der Waals surface area contributed by atoms with Crippen molar-refractivity contribution in [3.8, 4) is 0 Å². The van der Waals surface area contributed by atoms with Crippen LogP contribution < -0.4 is 5.32 Å². The number of likely N-dealkylation sites (tertiary alicyclic amines) is 1. The monoisotopic (exact) mass is 264 g/mol. The standard InChI is InChI=1S/C15H28N4/c1-13(2)9-16-10-15-5-8-18(12-15)14(3)11-19-7-4-6-17-19/h4,6-7,13-16H,5,8-12H2,1-3H3. The smallest absolute Gasteiger partial charge is 0.0562 e. The lowest BCUT2D eigenvalue weighted by molar-refractivity contribution is 0.221. The molecule has 1 aliphatic rings. The van der Waals surface area contributed by atoms with E-state index in [1.807, 2.05) is 23.1 Å². The Morgan fingerprint density at radius 3 is 2.89 bits per heavy atom. The Kier molecular flexibility index (Phi) is 5.40. The molecular weight excluding hydrogens is 236 g/mol. The topological polar surface area (TPSA) is 33.1 Å². The van der Waals surface area contributed by atoms with E-state index in [1.165, 1.54) is 26.1 Å². The molecule has 1 fully saturated rings. The van der Waals surface area contributed by atoms with Gasteiger partial charge in [-0.15, -0.1) is 0 Å². The lowest BCUT2D eigenvalue weighted by atomic mass is 10.1. The summed E-state index contributed by atoms with van der Waals surface area (Å²) in [6, 6.07) is 2.57. The van der Waals surface area contributed by atoms with Gasteiger partial charge in [0.15, 0.2) is 0 Å². The van der Waals surface area contributed by atoms with Gasteiger partial charge in [-0.05, 0) is 50.9 Å². The normalized spacial score (nSPS) is 22.2. The second kappa shape index (κ2) is 7.06. The maximum atomic E-state index is 4.29. The molecule has 4 heteroatoms. The third-order valence-corrected chi connectivity index (χ3v) is 3.94. The van der Waals surface area contributed by atoms with E-state index in [-0.39, 0.29) is 0 Å². The third-order valence-electron chi connectivity index (χ3n) is 3.94. The van der Waals surface area contributed by atoms with Crippen LogP contribution in [0.25, 0.3) is 0 Å². The first-order valence-corrected chi connectivity index (χ1v) is 7.57. The molecule has 1 aliphatic heterocycles. The van der Waals surface area contributed by atoms with Crippen molar-refractivity contribution >= 4 is 0 Å². The first kappa shape index (κ1) is 14.5. The fraction of sp³-hybridized carbons (Fsp3) is 0.800. The second-order valence-electron chi connectivity index (χ2n) is 6.28. The fourth-order valence-electron chi connectivity index (χ4n) is 2.80. The summed E-state index contributed by atoms with van der Waals surface area (Å²) in [6.45, 7) is 12.6. The molecule has 2 atom stereocenters. The van der Waals surface area contributed by atoms with Crippen molar-refractivity contribution in [2.75, 3.05) is 26.2 Å². The van der Waals surface area contributed by atoms with Crippen LogP contribution in [0.2, 0.25) is 0 Å². The average Bonchev–Trinajstić information content (AvgIpc) is 2.99. The van der Waals surface area contributed by atoms with E-state index in [9.17, 15) is 0 Å². The molecule has 4 nitrogen and oxygen atoms in total. The maximum absolute atomic E-state index is 4.29. The fourth-order valence-corrected chi connectivity index (χ4v) is 2.80. The number of aromatic nitrogens is 2. The summed E-state index contributed by atoms with van der Waals surface area (Å²) in [4.78, 5) is 2.60. The SMILES string of the molecule is CC(C)CNCC1CCN(C(C)Cn2cccn2)C1. The molecule has 2 unspecified atom stereocenters. The molecule has 19 heavy (non-hydrogen) atoms. The molecule has 0 aromatic carbocycles. The molecule has 0 amide bonds. The molecule has 0 spiro atoms. The molecule has 1 saturated heterocycles. The van der Waals surface area contributed by atoms with Crippen molar-refractivity contribution in [3.05, 3.63) is 18.5 Å². The highest BCUT2D eigenvalue weighted by Crippen LogP contribution is 2.18. The van der Waals surface area contributed by atoms with E-state index in [0.29, 0.717) is 6.04 Å². The van der Waals surface area contributed by atoms with E-state index >= 15 is 0 Å². The van der Waals surface area contributed by atoms with Gasteiger partial charge in [-0.2, -0.15) is 5.10 Å². The molecule has 2 rings (SSSR count). The molecule has 1 N–H and O–H groups in total. The first-order valence-electron chi connectivity index (χ1n) is 7.57. The molecule has 0 saturated carbocycles. The zero-order chi connectivity index (χ0) is 13.7. The predicted octanol–water partition coefficient (Wildman–Crippen LogP) is 1.84. The largest absolute Gasteiger partial charge is 0.316 e. The molecule has 0 aliphatic carbocycles. The van der Waals surface area contributed by atoms with Crippen molar-refractivity contribution in [1.29, 1.82) is 0 Å². The highest BCUT2D eigenvalue weighted by molar-refractivity contribution is 4.83. The highest BCUT2D eigenvalue weighted by Gasteiger charge is 2.25. The Morgan fingerprint density at radius 2 is 2.21 bits per heavy atom. The van der Waals surface area contributed by atoms with Gasteiger partial charge in [0.25, 0.3) is 0 Å². The van der Waals surface area contributed by atoms with E-state index in [1.54, 1.807) is 0 Å². The number of hydrogen-bond acceptors (Lipinski definition) is 3. The lowest BCUT2D eigenvalue weighted by Crippen LogP contribution is -2.35. The van der Waals surface area contributed by atoms with Crippen LogP contribution in [0.4, 0.5) is 0 Å².